The number of sulfonamides is 1. The Labute approximate surface area is 178 Å². The molecule has 0 aliphatic rings. The van der Waals surface area contributed by atoms with Gasteiger partial charge in [0.1, 0.15) is 11.5 Å². The van der Waals surface area contributed by atoms with Crippen molar-refractivity contribution < 1.29 is 17.6 Å². The minimum absolute atomic E-state index is 0.0986. The lowest BCUT2D eigenvalue weighted by Gasteiger charge is -2.06. The van der Waals surface area contributed by atoms with E-state index in [1.54, 1.807) is 12.1 Å². The molecule has 0 atom stereocenters. The van der Waals surface area contributed by atoms with E-state index in [1.165, 1.54) is 19.2 Å². The highest BCUT2D eigenvalue weighted by Gasteiger charge is 2.11. The van der Waals surface area contributed by atoms with Gasteiger partial charge in [0.25, 0.3) is 0 Å². The zero-order chi connectivity index (χ0) is 20.9. The second kappa shape index (κ2) is 9.39. The number of aryl methyl sites for hydroxylation is 1. The smallest absolute Gasteiger partial charge is 0.240 e. The van der Waals surface area contributed by atoms with Gasteiger partial charge in [-0.2, -0.15) is 0 Å². The molecular weight excluding hydrogens is 456 g/mol. The lowest BCUT2D eigenvalue weighted by Crippen LogP contribution is -2.22. The summed E-state index contributed by atoms with van der Waals surface area (Å²) >= 11 is 3.40. The largest absolute Gasteiger partial charge is 0.459 e. The molecule has 8 heteroatoms. The van der Waals surface area contributed by atoms with Crippen LogP contribution in [0.3, 0.4) is 0 Å². The minimum atomic E-state index is -3.45. The molecule has 3 aromatic rings. The molecule has 3 rings (SSSR count). The number of rotatable bonds is 8. The van der Waals surface area contributed by atoms with Gasteiger partial charge in [0, 0.05) is 16.5 Å². The summed E-state index contributed by atoms with van der Waals surface area (Å²) in [5, 5.41) is 2.84. The maximum absolute atomic E-state index is 12.1. The summed E-state index contributed by atoms with van der Waals surface area (Å²) in [5.74, 6) is 1.33. The van der Waals surface area contributed by atoms with E-state index in [0.29, 0.717) is 25.1 Å². The van der Waals surface area contributed by atoms with Gasteiger partial charge in [-0.15, -0.1) is 0 Å². The first-order valence-corrected chi connectivity index (χ1v) is 11.3. The van der Waals surface area contributed by atoms with Crippen LogP contribution in [-0.4, -0.2) is 21.4 Å². The number of hydrogen-bond acceptors (Lipinski definition) is 4. The van der Waals surface area contributed by atoms with Crippen LogP contribution in [0.25, 0.3) is 11.3 Å². The summed E-state index contributed by atoms with van der Waals surface area (Å²) in [6, 6.07) is 18.0. The topological polar surface area (TPSA) is 88.4 Å². The molecule has 6 nitrogen and oxygen atoms in total. The van der Waals surface area contributed by atoms with Gasteiger partial charge >= 0.3 is 0 Å². The van der Waals surface area contributed by atoms with Gasteiger partial charge in [0.2, 0.25) is 15.9 Å². The quantitative estimate of drug-likeness (QED) is 0.516. The zero-order valence-electron chi connectivity index (χ0n) is 15.8. The van der Waals surface area contributed by atoms with E-state index in [1.807, 2.05) is 36.4 Å². The van der Waals surface area contributed by atoms with Crippen LogP contribution in [0, 0.1) is 0 Å². The number of carbonyl (C=O) groups excluding carboxylic acids is 1. The van der Waals surface area contributed by atoms with Crippen molar-refractivity contribution in [1.82, 2.24) is 10.0 Å². The standard InChI is InChI=1S/C21H21BrN2O4S/c1-23-29(26,27)19-10-2-15(3-11-19)4-13-21(25)24-14-18-9-12-20(28-18)16-5-7-17(22)8-6-16/h2-3,5-12,23H,4,13-14H2,1H3,(H,24,25). The highest BCUT2D eigenvalue weighted by Crippen LogP contribution is 2.24. The van der Waals surface area contributed by atoms with Crippen LogP contribution < -0.4 is 10.0 Å². The molecule has 0 radical (unpaired) electrons. The lowest BCUT2D eigenvalue weighted by atomic mass is 10.1. The molecule has 2 N–H and O–H groups in total. The van der Waals surface area contributed by atoms with Crippen LogP contribution in [0.5, 0.6) is 0 Å². The average molecular weight is 477 g/mol. The van der Waals surface area contributed by atoms with Gasteiger partial charge in [-0.1, -0.05) is 40.2 Å². The number of hydrogen-bond donors (Lipinski definition) is 2. The third-order valence-corrected chi connectivity index (χ3v) is 6.35. The van der Waals surface area contributed by atoms with Crippen molar-refractivity contribution in [3.8, 4) is 11.3 Å². The van der Waals surface area contributed by atoms with E-state index in [0.717, 1.165) is 21.4 Å². The van der Waals surface area contributed by atoms with Crippen molar-refractivity contribution in [2.75, 3.05) is 7.05 Å². The van der Waals surface area contributed by atoms with Crippen molar-refractivity contribution in [2.24, 2.45) is 0 Å². The van der Waals surface area contributed by atoms with Crippen molar-refractivity contribution in [3.05, 3.63) is 76.5 Å². The third kappa shape index (κ3) is 5.79. The molecule has 0 fully saturated rings. The molecule has 152 valence electrons. The van der Waals surface area contributed by atoms with E-state index >= 15 is 0 Å². The number of furan rings is 1. The molecule has 0 saturated carbocycles. The summed E-state index contributed by atoms with van der Waals surface area (Å²) in [6.07, 6.45) is 0.826. The van der Waals surface area contributed by atoms with Gasteiger partial charge in [-0.25, -0.2) is 13.1 Å². The molecule has 2 aromatic carbocycles. The van der Waals surface area contributed by atoms with Crippen LogP contribution >= 0.6 is 15.9 Å². The Bertz CT molecular complexity index is 1070. The number of carbonyl (C=O) groups is 1. The molecule has 0 spiro atoms. The first kappa shape index (κ1) is 21.3. The summed E-state index contributed by atoms with van der Waals surface area (Å²) in [4.78, 5) is 12.3. The summed E-state index contributed by atoms with van der Waals surface area (Å²) < 4.78 is 32.5. The fraction of sp³-hybridized carbons (Fsp3) is 0.190. The van der Waals surface area contributed by atoms with Crippen molar-refractivity contribution >= 4 is 31.9 Å². The fourth-order valence-electron chi connectivity index (χ4n) is 2.73. The molecule has 1 amide bonds. The summed E-state index contributed by atoms with van der Waals surface area (Å²) in [5.41, 5.74) is 1.86. The molecule has 0 unspecified atom stereocenters. The Hall–Kier alpha value is -2.42. The van der Waals surface area contributed by atoms with Crippen molar-refractivity contribution in [3.63, 3.8) is 0 Å². The Morgan fingerprint density at radius 3 is 2.34 bits per heavy atom. The Balaban J connectivity index is 1.49. The van der Waals surface area contributed by atoms with E-state index < -0.39 is 10.0 Å². The van der Waals surface area contributed by atoms with E-state index in [-0.39, 0.29) is 10.8 Å². The van der Waals surface area contributed by atoms with E-state index in [2.05, 4.69) is 26.0 Å². The molecule has 0 aliphatic heterocycles. The SMILES string of the molecule is CNS(=O)(=O)c1ccc(CCC(=O)NCc2ccc(-c3ccc(Br)cc3)o2)cc1. The van der Waals surface area contributed by atoms with Gasteiger partial charge in [0.05, 0.1) is 11.4 Å². The first-order valence-electron chi connectivity index (χ1n) is 9.01. The molecule has 1 aromatic heterocycles. The molecule has 1 heterocycles. The molecule has 29 heavy (non-hydrogen) atoms. The zero-order valence-corrected chi connectivity index (χ0v) is 18.2. The first-order chi connectivity index (χ1) is 13.9. The van der Waals surface area contributed by atoms with Gasteiger partial charge in [0.15, 0.2) is 0 Å². The third-order valence-electron chi connectivity index (χ3n) is 4.39. The van der Waals surface area contributed by atoms with Crippen molar-refractivity contribution in [1.29, 1.82) is 0 Å². The van der Waals surface area contributed by atoms with Crippen molar-refractivity contribution in [2.45, 2.75) is 24.3 Å². The van der Waals surface area contributed by atoms with Crippen LogP contribution in [0.15, 0.2) is 74.4 Å². The van der Waals surface area contributed by atoms with Crippen LogP contribution in [0.1, 0.15) is 17.7 Å². The van der Waals surface area contributed by atoms with Gasteiger partial charge < -0.3 is 9.73 Å². The molecule has 0 bridgehead atoms. The Kier molecular flexibility index (Phi) is 6.89. The second-order valence-electron chi connectivity index (χ2n) is 6.40. The Morgan fingerprint density at radius 1 is 1.00 bits per heavy atom. The average Bonchev–Trinajstić information content (AvgIpc) is 3.20. The maximum Gasteiger partial charge on any atom is 0.240 e. The normalized spacial score (nSPS) is 11.4. The van der Waals surface area contributed by atoms with Gasteiger partial charge in [-0.05, 0) is 55.4 Å². The number of benzene rings is 2. The summed E-state index contributed by atoms with van der Waals surface area (Å²) in [7, 11) is -2.08. The van der Waals surface area contributed by atoms with Crippen LogP contribution in [0.2, 0.25) is 0 Å². The maximum atomic E-state index is 12.1. The highest BCUT2D eigenvalue weighted by atomic mass is 79.9. The lowest BCUT2D eigenvalue weighted by molar-refractivity contribution is -0.121. The van der Waals surface area contributed by atoms with Crippen LogP contribution in [0.4, 0.5) is 0 Å². The van der Waals surface area contributed by atoms with Crippen LogP contribution in [-0.2, 0) is 27.8 Å². The second-order valence-corrected chi connectivity index (χ2v) is 9.20. The summed E-state index contributed by atoms with van der Waals surface area (Å²) in [6.45, 7) is 0.314. The fourth-order valence-corrected chi connectivity index (χ4v) is 3.72. The van der Waals surface area contributed by atoms with Gasteiger partial charge in [-0.3, -0.25) is 4.79 Å². The number of halogens is 1. The highest BCUT2D eigenvalue weighted by molar-refractivity contribution is 9.10. The predicted octanol–water partition coefficient (Wildman–Crippen LogP) is 3.87. The predicted molar refractivity (Wildman–Crippen MR) is 115 cm³/mol. The van der Waals surface area contributed by atoms with E-state index in [4.69, 9.17) is 4.42 Å². The Morgan fingerprint density at radius 2 is 1.69 bits per heavy atom. The monoisotopic (exact) mass is 476 g/mol. The molecule has 0 saturated heterocycles. The number of nitrogens with one attached hydrogen (secondary N) is 2. The molecular formula is C21H21BrN2O4S. The number of amides is 1. The molecule has 0 aliphatic carbocycles. The minimum Gasteiger partial charge on any atom is -0.459 e. The van der Waals surface area contributed by atoms with E-state index in [9.17, 15) is 13.2 Å².